The number of benzene rings is 2. The van der Waals surface area contributed by atoms with Crippen LogP contribution >= 0.6 is 0 Å². The molecule has 1 aliphatic heterocycles. The van der Waals surface area contributed by atoms with E-state index in [1.54, 1.807) is 24.3 Å². The van der Waals surface area contributed by atoms with Crippen LogP contribution in [0.4, 0.5) is 5.69 Å². The van der Waals surface area contributed by atoms with E-state index in [9.17, 15) is 13.2 Å². The third kappa shape index (κ3) is 5.25. The van der Waals surface area contributed by atoms with Crippen molar-refractivity contribution in [2.24, 2.45) is 0 Å². The van der Waals surface area contributed by atoms with E-state index >= 15 is 0 Å². The highest BCUT2D eigenvalue weighted by Gasteiger charge is 2.34. The topological polar surface area (TPSA) is 66.5 Å². The molecule has 0 saturated carbocycles. The fourth-order valence-electron chi connectivity index (χ4n) is 3.72. The third-order valence-corrected chi connectivity index (χ3v) is 7.45. The van der Waals surface area contributed by atoms with E-state index in [0.717, 1.165) is 24.1 Å². The van der Waals surface area contributed by atoms with Crippen molar-refractivity contribution in [2.75, 3.05) is 11.9 Å². The van der Waals surface area contributed by atoms with E-state index in [1.165, 1.54) is 9.87 Å². The van der Waals surface area contributed by atoms with Crippen molar-refractivity contribution >= 4 is 21.6 Å². The van der Waals surface area contributed by atoms with Crippen molar-refractivity contribution in [2.45, 2.75) is 63.3 Å². The number of piperidine rings is 1. The molecule has 29 heavy (non-hydrogen) atoms. The van der Waals surface area contributed by atoms with Crippen molar-refractivity contribution in [1.82, 2.24) is 4.31 Å². The third-order valence-electron chi connectivity index (χ3n) is 5.48. The largest absolute Gasteiger partial charge is 0.326 e. The van der Waals surface area contributed by atoms with E-state index in [2.05, 4.69) is 19.2 Å². The summed E-state index contributed by atoms with van der Waals surface area (Å²) in [5.41, 5.74) is 2.97. The summed E-state index contributed by atoms with van der Waals surface area (Å²) >= 11 is 0. The molecule has 0 aromatic heterocycles. The summed E-state index contributed by atoms with van der Waals surface area (Å²) in [6.45, 7) is 6.63. The van der Waals surface area contributed by atoms with Crippen molar-refractivity contribution in [1.29, 1.82) is 0 Å². The van der Waals surface area contributed by atoms with E-state index in [4.69, 9.17) is 0 Å². The number of hydrogen-bond acceptors (Lipinski definition) is 3. The van der Waals surface area contributed by atoms with Gasteiger partial charge in [-0.15, -0.1) is 0 Å². The Labute approximate surface area is 174 Å². The molecule has 0 bridgehead atoms. The molecule has 1 atom stereocenters. The van der Waals surface area contributed by atoms with Crippen LogP contribution < -0.4 is 5.32 Å². The minimum Gasteiger partial charge on any atom is -0.326 e. The van der Waals surface area contributed by atoms with Gasteiger partial charge in [0.05, 0.1) is 4.90 Å². The summed E-state index contributed by atoms with van der Waals surface area (Å²) in [7, 11) is -3.61. The molecular weight excluding hydrogens is 384 g/mol. The van der Waals surface area contributed by atoms with Crippen LogP contribution in [0.25, 0.3) is 0 Å². The molecule has 156 valence electrons. The zero-order chi connectivity index (χ0) is 21.0. The summed E-state index contributed by atoms with van der Waals surface area (Å²) < 4.78 is 27.8. The Morgan fingerprint density at radius 1 is 1.07 bits per heavy atom. The van der Waals surface area contributed by atoms with Gasteiger partial charge in [-0.25, -0.2) is 8.42 Å². The van der Waals surface area contributed by atoms with E-state index in [1.807, 2.05) is 31.2 Å². The normalized spacial score (nSPS) is 18.0. The molecule has 2 aromatic rings. The van der Waals surface area contributed by atoms with Crippen LogP contribution in [-0.4, -0.2) is 31.2 Å². The average molecular weight is 415 g/mol. The minimum absolute atomic E-state index is 0.154. The van der Waals surface area contributed by atoms with Gasteiger partial charge in [0.25, 0.3) is 0 Å². The molecule has 6 heteroatoms. The number of nitrogens with one attached hydrogen (secondary N) is 1. The van der Waals surface area contributed by atoms with Crippen LogP contribution in [0, 0.1) is 6.92 Å². The zero-order valence-corrected chi connectivity index (χ0v) is 18.2. The number of sulfonamides is 1. The molecule has 5 nitrogen and oxygen atoms in total. The van der Waals surface area contributed by atoms with Crippen molar-refractivity contribution in [3.8, 4) is 0 Å². The second kappa shape index (κ2) is 9.09. The number of anilines is 1. The lowest BCUT2D eigenvalue weighted by Gasteiger charge is -2.34. The van der Waals surface area contributed by atoms with Crippen molar-refractivity contribution < 1.29 is 13.2 Å². The second-order valence-corrected chi connectivity index (χ2v) is 10.00. The highest BCUT2D eigenvalue weighted by Crippen LogP contribution is 2.28. The lowest BCUT2D eigenvalue weighted by Crippen LogP contribution is -2.45. The molecule has 1 aliphatic rings. The van der Waals surface area contributed by atoms with Gasteiger partial charge in [-0.3, -0.25) is 4.79 Å². The first-order valence-corrected chi connectivity index (χ1v) is 11.7. The maximum atomic E-state index is 13.1. The number of amides is 1. The highest BCUT2D eigenvalue weighted by atomic mass is 32.2. The summed E-state index contributed by atoms with van der Waals surface area (Å²) in [5.74, 6) is 0.279. The van der Waals surface area contributed by atoms with Gasteiger partial charge in [-0.2, -0.15) is 4.31 Å². The Kier molecular flexibility index (Phi) is 6.75. The van der Waals surface area contributed by atoms with Gasteiger partial charge in [0, 0.05) is 24.7 Å². The molecule has 1 unspecified atom stereocenters. The van der Waals surface area contributed by atoms with Crippen LogP contribution in [0.1, 0.15) is 56.6 Å². The fraction of sp³-hybridized carbons (Fsp3) is 0.435. The quantitative estimate of drug-likeness (QED) is 0.746. The number of nitrogens with zero attached hydrogens (tertiary/aromatic N) is 1. The van der Waals surface area contributed by atoms with Crippen LogP contribution in [0.5, 0.6) is 0 Å². The Hall–Kier alpha value is -2.18. The zero-order valence-electron chi connectivity index (χ0n) is 17.4. The first-order valence-electron chi connectivity index (χ1n) is 10.3. The molecule has 0 radical (unpaired) electrons. The number of aryl methyl sites for hydroxylation is 1. The highest BCUT2D eigenvalue weighted by molar-refractivity contribution is 7.89. The first kappa shape index (κ1) is 21.5. The lowest BCUT2D eigenvalue weighted by atomic mass is 10.0. The van der Waals surface area contributed by atoms with Gasteiger partial charge < -0.3 is 5.32 Å². The minimum atomic E-state index is -3.61. The molecule has 1 amide bonds. The molecule has 0 aliphatic carbocycles. The van der Waals surface area contributed by atoms with Gasteiger partial charge in [0.2, 0.25) is 15.9 Å². The predicted octanol–water partition coefficient (Wildman–Crippen LogP) is 4.69. The smallest absolute Gasteiger partial charge is 0.243 e. The molecule has 1 heterocycles. The second-order valence-electron chi connectivity index (χ2n) is 8.11. The van der Waals surface area contributed by atoms with Crippen LogP contribution in [0.2, 0.25) is 0 Å². The maximum Gasteiger partial charge on any atom is 0.243 e. The van der Waals surface area contributed by atoms with Crippen molar-refractivity contribution in [3.63, 3.8) is 0 Å². The fourth-order valence-corrected chi connectivity index (χ4v) is 5.41. The van der Waals surface area contributed by atoms with E-state index in [-0.39, 0.29) is 18.4 Å². The van der Waals surface area contributed by atoms with E-state index in [0.29, 0.717) is 23.8 Å². The molecule has 1 N–H and O–H groups in total. The summed E-state index contributed by atoms with van der Waals surface area (Å²) in [4.78, 5) is 12.9. The average Bonchev–Trinajstić information content (AvgIpc) is 2.69. The monoisotopic (exact) mass is 414 g/mol. The maximum absolute atomic E-state index is 13.1. The van der Waals surface area contributed by atoms with Crippen LogP contribution in [0.3, 0.4) is 0 Å². The summed E-state index contributed by atoms with van der Waals surface area (Å²) in [6, 6.07) is 14.4. The van der Waals surface area contributed by atoms with Gasteiger partial charge in [-0.1, -0.05) is 50.1 Å². The van der Waals surface area contributed by atoms with Crippen molar-refractivity contribution in [3.05, 3.63) is 59.7 Å². The summed E-state index contributed by atoms with van der Waals surface area (Å²) in [6.07, 6.45) is 2.61. The first-order chi connectivity index (χ1) is 13.8. The lowest BCUT2D eigenvalue weighted by molar-refractivity contribution is -0.117. The number of carbonyl (C=O) groups excluding carboxylic acids is 1. The van der Waals surface area contributed by atoms with Gasteiger partial charge in [0.1, 0.15) is 0 Å². The molecule has 2 aromatic carbocycles. The number of hydrogen-bond donors (Lipinski definition) is 1. The summed E-state index contributed by atoms with van der Waals surface area (Å²) in [5, 5.41) is 2.91. The Morgan fingerprint density at radius 2 is 1.72 bits per heavy atom. The predicted molar refractivity (Wildman–Crippen MR) is 116 cm³/mol. The van der Waals surface area contributed by atoms with Crippen LogP contribution in [-0.2, 0) is 14.8 Å². The van der Waals surface area contributed by atoms with Gasteiger partial charge in [0.15, 0.2) is 0 Å². The molecule has 0 spiro atoms. The Bertz CT molecular complexity index is 935. The standard InChI is InChI=1S/C23H30N2O3S/c1-17(2)19-9-11-20(12-10-19)24-23(26)16-21-6-4-5-15-25(21)29(27,28)22-13-7-18(3)8-14-22/h7-14,17,21H,4-6,15-16H2,1-3H3,(H,24,26). The van der Waals surface area contributed by atoms with Crippen LogP contribution in [0.15, 0.2) is 53.4 Å². The Balaban J connectivity index is 1.70. The van der Waals surface area contributed by atoms with E-state index < -0.39 is 10.0 Å². The van der Waals surface area contributed by atoms with Gasteiger partial charge >= 0.3 is 0 Å². The SMILES string of the molecule is Cc1ccc(S(=O)(=O)N2CCCCC2CC(=O)Nc2ccc(C(C)C)cc2)cc1. The molecule has 1 saturated heterocycles. The number of rotatable bonds is 6. The molecule has 3 rings (SSSR count). The molecule has 1 fully saturated rings. The Morgan fingerprint density at radius 3 is 2.34 bits per heavy atom. The number of carbonyl (C=O) groups is 1. The van der Waals surface area contributed by atoms with Gasteiger partial charge in [-0.05, 0) is 55.5 Å². The molecular formula is C23H30N2O3S.